The summed E-state index contributed by atoms with van der Waals surface area (Å²) >= 11 is 0. The molecule has 1 rings (SSSR count). The predicted octanol–water partition coefficient (Wildman–Crippen LogP) is 1.72. The van der Waals surface area contributed by atoms with Gasteiger partial charge in [-0.3, -0.25) is 5.32 Å². The standard InChI is InChI=1S/C11H16FN3O2/c1-3-17-7-6-15(2)11(16)14-10-5-4-9(12)8-13-10/h4-5,8H,3,6-7H2,1-2H3,(H,13,14,16). The van der Waals surface area contributed by atoms with Gasteiger partial charge in [-0.15, -0.1) is 0 Å². The van der Waals surface area contributed by atoms with Gasteiger partial charge in [0.1, 0.15) is 11.6 Å². The Balaban J connectivity index is 2.40. The Morgan fingerprint density at radius 1 is 1.59 bits per heavy atom. The highest BCUT2D eigenvalue weighted by molar-refractivity contribution is 5.87. The lowest BCUT2D eigenvalue weighted by Crippen LogP contribution is -2.34. The van der Waals surface area contributed by atoms with Crippen molar-refractivity contribution in [3.63, 3.8) is 0 Å². The van der Waals surface area contributed by atoms with Crippen LogP contribution in [0.4, 0.5) is 15.0 Å². The highest BCUT2D eigenvalue weighted by Crippen LogP contribution is 2.04. The summed E-state index contributed by atoms with van der Waals surface area (Å²) in [5.74, 6) is -0.118. The summed E-state index contributed by atoms with van der Waals surface area (Å²) in [6, 6.07) is 2.34. The first kappa shape index (κ1) is 13.4. The molecular weight excluding hydrogens is 225 g/mol. The lowest BCUT2D eigenvalue weighted by molar-refractivity contribution is 0.128. The number of carbonyl (C=O) groups is 1. The van der Waals surface area contributed by atoms with Crippen LogP contribution in [0.5, 0.6) is 0 Å². The number of anilines is 1. The van der Waals surface area contributed by atoms with Crippen molar-refractivity contribution in [3.8, 4) is 0 Å². The number of nitrogens with zero attached hydrogens (tertiary/aromatic N) is 2. The summed E-state index contributed by atoms with van der Waals surface area (Å²) < 4.78 is 17.7. The minimum atomic E-state index is -0.437. The number of pyridine rings is 1. The van der Waals surface area contributed by atoms with Crippen molar-refractivity contribution >= 4 is 11.8 Å². The topological polar surface area (TPSA) is 54.5 Å². The first-order valence-corrected chi connectivity index (χ1v) is 5.35. The van der Waals surface area contributed by atoms with E-state index in [2.05, 4.69) is 10.3 Å². The number of carbonyl (C=O) groups excluding carboxylic acids is 1. The Hall–Kier alpha value is -1.69. The van der Waals surface area contributed by atoms with E-state index in [0.29, 0.717) is 25.6 Å². The number of urea groups is 1. The second kappa shape index (κ2) is 6.80. The molecule has 6 heteroatoms. The molecule has 0 unspecified atom stereocenters. The predicted molar refractivity (Wildman–Crippen MR) is 62.3 cm³/mol. The van der Waals surface area contributed by atoms with Crippen LogP contribution in [0.2, 0.25) is 0 Å². The van der Waals surface area contributed by atoms with Crippen LogP contribution >= 0.6 is 0 Å². The van der Waals surface area contributed by atoms with Gasteiger partial charge in [-0.2, -0.15) is 0 Å². The summed E-state index contributed by atoms with van der Waals surface area (Å²) in [7, 11) is 1.65. The van der Waals surface area contributed by atoms with Gasteiger partial charge in [0.2, 0.25) is 0 Å². The van der Waals surface area contributed by atoms with Crippen LogP contribution in [0.25, 0.3) is 0 Å². The molecule has 1 aromatic heterocycles. The summed E-state index contributed by atoms with van der Waals surface area (Å²) in [5, 5.41) is 2.55. The van der Waals surface area contributed by atoms with E-state index in [9.17, 15) is 9.18 Å². The molecule has 0 saturated heterocycles. The molecule has 0 spiro atoms. The molecule has 5 nitrogen and oxygen atoms in total. The fraction of sp³-hybridized carbons (Fsp3) is 0.455. The largest absolute Gasteiger partial charge is 0.380 e. The highest BCUT2D eigenvalue weighted by Gasteiger charge is 2.08. The third-order valence-electron chi connectivity index (χ3n) is 2.08. The van der Waals surface area contributed by atoms with Crippen LogP contribution in [0.1, 0.15) is 6.92 Å². The molecule has 0 aliphatic heterocycles. The van der Waals surface area contributed by atoms with E-state index in [-0.39, 0.29) is 6.03 Å². The zero-order valence-corrected chi connectivity index (χ0v) is 9.94. The molecule has 1 heterocycles. The Labute approximate surface area is 99.6 Å². The fourth-order valence-electron chi connectivity index (χ4n) is 1.10. The molecule has 0 radical (unpaired) electrons. The van der Waals surface area contributed by atoms with Crippen molar-refractivity contribution in [2.24, 2.45) is 0 Å². The number of aromatic nitrogens is 1. The Kier molecular flexibility index (Phi) is 5.35. The molecule has 1 aromatic rings. The maximum Gasteiger partial charge on any atom is 0.322 e. The molecule has 1 N–H and O–H groups in total. The second-order valence-electron chi connectivity index (χ2n) is 3.41. The summed E-state index contributed by atoms with van der Waals surface area (Å²) in [5.41, 5.74) is 0. The minimum absolute atomic E-state index is 0.302. The average Bonchev–Trinajstić information content (AvgIpc) is 2.32. The third kappa shape index (κ3) is 4.78. The van der Waals surface area contributed by atoms with Gasteiger partial charge in [-0.1, -0.05) is 0 Å². The number of halogens is 1. The summed E-state index contributed by atoms with van der Waals surface area (Å²) in [6.45, 7) is 3.48. The van der Waals surface area contributed by atoms with Crippen LogP contribution < -0.4 is 5.32 Å². The van der Waals surface area contributed by atoms with Crippen molar-refractivity contribution in [1.82, 2.24) is 9.88 Å². The zero-order valence-electron chi connectivity index (χ0n) is 9.94. The van der Waals surface area contributed by atoms with Gasteiger partial charge in [-0.05, 0) is 19.1 Å². The Morgan fingerprint density at radius 3 is 2.94 bits per heavy atom. The number of ether oxygens (including phenoxy) is 1. The molecule has 0 aromatic carbocycles. The number of hydrogen-bond donors (Lipinski definition) is 1. The number of likely N-dealkylation sites (N-methyl/N-ethyl adjacent to an activating group) is 1. The quantitative estimate of drug-likeness (QED) is 0.798. The molecular formula is C11H16FN3O2. The number of rotatable bonds is 5. The average molecular weight is 241 g/mol. The molecule has 0 fully saturated rings. The molecule has 0 aliphatic rings. The molecule has 0 saturated carbocycles. The van der Waals surface area contributed by atoms with Crippen LogP contribution in [0.15, 0.2) is 18.3 Å². The van der Waals surface area contributed by atoms with E-state index in [4.69, 9.17) is 4.74 Å². The molecule has 94 valence electrons. The first-order valence-electron chi connectivity index (χ1n) is 5.35. The van der Waals surface area contributed by atoms with Gasteiger partial charge in [0, 0.05) is 20.2 Å². The second-order valence-corrected chi connectivity index (χ2v) is 3.41. The van der Waals surface area contributed by atoms with Gasteiger partial charge >= 0.3 is 6.03 Å². The fourth-order valence-corrected chi connectivity index (χ4v) is 1.10. The smallest absolute Gasteiger partial charge is 0.322 e. The maximum absolute atomic E-state index is 12.6. The molecule has 0 aliphatic carbocycles. The summed E-state index contributed by atoms with van der Waals surface area (Å²) in [4.78, 5) is 16.8. The lowest BCUT2D eigenvalue weighted by atomic mass is 10.4. The molecule has 17 heavy (non-hydrogen) atoms. The van der Waals surface area contributed by atoms with Crippen LogP contribution in [0, 0.1) is 5.82 Å². The zero-order chi connectivity index (χ0) is 12.7. The van der Waals surface area contributed by atoms with Gasteiger partial charge in [0.15, 0.2) is 0 Å². The van der Waals surface area contributed by atoms with E-state index in [1.165, 1.54) is 17.0 Å². The first-order chi connectivity index (χ1) is 8.13. The Bertz CT molecular complexity index is 356. The van der Waals surface area contributed by atoms with Crippen LogP contribution in [0.3, 0.4) is 0 Å². The van der Waals surface area contributed by atoms with E-state index >= 15 is 0 Å². The molecule has 0 bridgehead atoms. The van der Waals surface area contributed by atoms with Crippen molar-refractivity contribution in [2.75, 3.05) is 32.1 Å². The van der Waals surface area contributed by atoms with E-state index < -0.39 is 5.82 Å². The van der Waals surface area contributed by atoms with Crippen molar-refractivity contribution in [2.45, 2.75) is 6.92 Å². The van der Waals surface area contributed by atoms with Crippen molar-refractivity contribution in [3.05, 3.63) is 24.1 Å². The maximum atomic E-state index is 12.6. The molecule has 0 atom stereocenters. The van der Waals surface area contributed by atoms with E-state index in [0.717, 1.165) is 6.20 Å². The number of amides is 2. The molecule has 2 amide bonds. The number of hydrogen-bond acceptors (Lipinski definition) is 3. The van der Waals surface area contributed by atoms with Gasteiger partial charge in [-0.25, -0.2) is 14.2 Å². The SMILES string of the molecule is CCOCCN(C)C(=O)Nc1ccc(F)cn1. The monoisotopic (exact) mass is 241 g/mol. The third-order valence-corrected chi connectivity index (χ3v) is 2.08. The van der Waals surface area contributed by atoms with E-state index in [1.54, 1.807) is 7.05 Å². The van der Waals surface area contributed by atoms with Crippen molar-refractivity contribution in [1.29, 1.82) is 0 Å². The highest BCUT2D eigenvalue weighted by atomic mass is 19.1. The van der Waals surface area contributed by atoms with Gasteiger partial charge in [0.25, 0.3) is 0 Å². The van der Waals surface area contributed by atoms with Gasteiger partial charge < -0.3 is 9.64 Å². The number of nitrogens with one attached hydrogen (secondary N) is 1. The lowest BCUT2D eigenvalue weighted by Gasteiger charge is -2.17. The van der Waals surface area contributed by atoms with Crippen LogP contribution in [-0.2, 0) is 4.74 Å². The van der Waals surface area contributed by atoms with Crippen LogP contribution in [-0.4, -0.2) is 42.7 Å². The van der Waals surface area contributed by atoms with Crippen molar-refractivity contribution < 1.29 is 13.9 Å². The summed E-state index contributed by atoms with van der Waals surface area (Å²) in [6.07, 6.45) is 1.05. The van der Waals surface area contributed by atoms with E-state index in [1.807, 2.05) is 6.92 Å². The Morgan fingerprint density at radius 2 is 2.35 bits per heavy atom. The minimum Gasteiger partial charge on any atom is -0.380 e. The normalized spacial score (nSPS) is 10.1. The van der Waals surface area contributed by atoms with Gasteiger partial charge in [0.05, 0.1) is 12.8 Å².